The molecule has 0 fully saturated rings. The van der Waals surface area contributed by atoms with Gasteiger partial charge < -0.3 is 5.11 Å². The average Bonchev–Trinajstić information content (AvgIpc) is 2.09. The van der Waals surface area contributed by atoms with E-state index in [1.54, 1.807) is 0 Å². The zero-order valence-corrected chi connectivity index (χ0v) is 9.56. The Labute approximate surface area is 93.8 Å². The van der Waals surface area contributed by atoms with E-state index >= 15 is 0 Å². The number of hydrogen-bond acceptors (Lipinski definition) is 1. The van der Waals surface area contributed by atoms with E-state index in [2.05, 4.69) is 15.9 Å². The maximum Gasteiger partial charge on any atom is 0.345 e. The van der Waals surface area contributed by atoms with Crippen molar-refractivity contribution in [2.24, 2.45) is 0 Å². The minimum absolute atomic E-state index is 0.0261. The highest BCUT2D eigenvalue weighted by Crippen LogP contribution is 2.31. The SMILES string of the molecule is CC(F)(C(=O)O)c1ccc(Br)c(Cl)c1. The van der Waals surface area contributed by atoms with Gasteiger partial charge >= 0.3 is 5.97 Å². The molecule has 1 N–H and O–H groups in total. The van der Waals surface area contributed by atoms with Crippen molar-refractivity contribution in [2.45, 2.75) is 12.6 Å². The molecule has 1 rings (SSSR count). The Morgan fingerprint density at radius 2 is 2.21 bits per heavy atom. The van der Waals surface area contributed by atoms with Crippen LogP contribution in [0.1, 0.15) is 12.5 Å². The number of carboxylic acids is 1. The molecule has 0 saturated heterocycles. The lowest BCUT2D eigenvalue weighted by molar-refractivity contribution is -0.150. The van der Waals surface area contributed by atoms with Crippen molar-refractivity contribution in [1.29, 1.82) is 0 Å². The molecule has 1 aromatic carbocycles. The number of halogens is 3. The van der Waals surface area contributed by atoms with Crippen molar-refractivity contribution >= 4 is 33.5 Å². The summed E-state index contributed by atoms with van der Waals surface area (Å²) in [4.78, 5) is 10.6. The number of carbonyl (C=O) groups is 1. The van der Waals surface area contributed by atoms with Crippen LogP contribution < -0.4 is 0 Å². The van der Waals surface area contributed by atoms with Crippen molar-refractivity contribution in [3.63, 3.8) is 0 Å². The predicted octanol–water partition coefficient (Wildman–Crippen LogP) is 3.37. The molecule has 0 aromatic heterocycles. The van der Waals surface area contributed by atoms with E-state index in [0.29, 0.717) is 4.47 Å². The normalized spacial score (nSPS) is 14.9. The quantitative estimate of drug-likeness (QED) is 0.902. The van der Waals surface area contributed by atoms with Crippen LogP contribution in [0.2, 0.25) is 5.02 Å². The van der Waals surface area contributed by atoms with Gasteiger partial charge in [-0.15, -0.1) is 0 Å². The van der Waals surface area contributed by atoms with Gasteiger partial charge in [-0.05, 0) is 35.0 Å². The third kappa shape index (κ3) is 2.07. The van der Waals surface area contributed by atoms with Crippen LogP contribution in [0.25, 0.3) is 0 Å². The summed E-state index contributed by atoms with van der Waals surface area (Å²) >= 11 is 8.85. The van der Waals surface area contributed by atoms with E-state index in [9.17, 15) is 9.18 Å². The second-order valence-electron chi connectivity index (χ2n) is 2.94. The number of carboxylic acid groups (broad SMARTS) is 1. The van der Waals surface area contributed by atoms with Crippen LogP contribution in [0, 0.1) is 0 Å². The standard InChI is InChI=1S/C9H7BrClFO2/c1-9(12,8(13)14)5-2-3-6(10)7(11)4-5/h2-4H,1H3,(H,13,14). The lowest BCUT2D eigenvalue weighted by Gasteiger charge is -2.15. The molecular formula is C9H7BrClFO2. The summed E-state index contributed by atoms with van der Waals surface area (Å²) in [5.41, 5.74) is -2.39. The summed E-state index contributed by atoms with van der Waals surface area (Å²) < 4.78 is 14.2. The molecule has 76 valence electrons. The number of hydrogen-bond donors (Lipinski definition) is 1. The summed E-state index contributed by atoms with van der Waals surface area (Å²) in [6.45, 7) is 0.981. The van der Waals surface area contributed by atoms with Crippen molar-refractivity contribution in [2.75, 3.05) is 0 Å². The van der Waals surface area contributed by atoms with Crippen LogP contribution >= 0.6 is 27.5 Å². The average molecular weight is 282 g/mol. The second-order valence-corrected chi connectivity index (χ2v) is 4.20. The molecule has 14 heavy (non-hydrogen) atoms. The van der Waals surface area contributed by atoms with Gasteiger partial charge in [-0.1, -0.05) is 17.7 Å². The van der Waals surface area contributed by atoms with Gasteiger partial charge in [-0.2, -0.15) is 0 Å². The van der Waals surface area contributed by atoms with Crippen LogP contribution in [0.3, 0.4) is 0 Å². The molecule has 0 aliphatic heterocycles. The zero-order valence-electron chi connectivity index (χ0n) is 7.22. The van der Waals surface area contributed by atoms with Gasteiger partial charge in [0.2, 0.25) is 5.67 Å². The first-order chi connectivity index (χ1) is 6.35. The van der Waals surface area contributed by atoms with E-state index in [1.165, 1.54) is 18.2 Å². The van der Waals surface area contributed by atoms with Crippen LogP contribution in [0.15, 0.2) is 22.7 Å². The zero-order chi connectivity index (χ0) is 10.9. The molecule has 0 radical (unpaired) electrons. The Morgan fingerprint density at radius 1 is 1.64 bits per heavy atom. The Balaban J connectivity index is 3.21. The van der Waals surface area contributed by atoms with Gasteiger partial charge in [0.15, 0.2) is 0 Å². The van der Waals surface area contributed by atoms with E-state index < -0.39 is 11.6 Å². The molecule has 2 nitrogen and oxygen atoms in total. The minimum atomic E-state index is -2.41. The van der Waals surface area contributed by atoms with Gasteiger partial charge in [-0.3, -0.25) is 0 Å². The molecule has 0 aliphatic carbocycles. The molecule has 5 heteroatoms. The Morgan fingerprint density at radius 3 is 2.64 bits per heavy atom. The fourth-order valence-electron chi connectivity index (χ4n) is 0.912. The molecule has 1 atom stereocenters. The lowest BCUT2D eigenvalue weighted by Crippen LogP contribution is -2.26. The van der Waals surface area contributed by atoms with Crippen LogP contribution in [0.5, 0.6) is 0 Å². The van der Waals surface area contributed by atoms with E-state index in [1.807, 2.05) is 0 Å². The molecule has 0 aliphatic rings. The first-order valence-corrected chi connectivity index (χ1v) is 4.90. The maximum atomic E-state index is 13.6. The summed E-state index contributed by atoms with van der Waals surface area (Å²) in [6.07, 6.45) is 0. The summed E-state index contributed by atoms with van der Waals surface area (Å²) in [7, 11) is 0. The first kappa shape index (κ1) is 11.5. The summed E-state index contributed by atoms with van der Waals surface area (Å²) in [5.74, 6) is -1.53. The molecule has 0 heterocycles. The molecule has 1 unspecified atom stereocenters. The van der Waals surface area contributed by atoms with Gasteiger partial charge in [0, 0.05) is 10.0 Å². The van der Waals surface area contributed by atoms with Crippen molar-refractivity contribution < 1.29 is 14.3 Å². The van der Waals surface area contributed by atoms with Crippen molar-refractivity contribution in [1.82, 2.24) is 0 Å². The number of alkyl halides is 1. The van der Waals surface area contributed by atoms with Gasteiger partial charge in [0.1, 0.15) is 0 Å². The summed E-state index contributed by atoms with van der Waals surface area (Å²) in [5, 5.41) is 8.91. The summed E-state index contributed by atoms with van der Waals surface area (Å²) in [6, 6.07) is 4.18. The van der Waals surface area contributed by atoms with E-state index in [0.717, 1.165) is 6.92 Å². The monoisotopic (exact) mass is 280 g/mol. The largest absolute Gasteiger partial charge is 0.479 e. The predicted molar refractivity (Wildman–Crippen MR) is 55.2 cm³/mol. The molecule has 0 spiro atoms. The third-order valence-electron chi connectivity index (χ3n) is 1.86. The third-order valence-corrected chi connectivity index (χ3v) is 3.10. The first-order valence-electron chi connectivity index (χ1n) is 3.73. The molecule has 0 bridgehead atoms. The van der Waals surface area contributed by atoms with Crippen molar-refractivity contribution in [3.05, 3.63) is 33.3 Å². The highest BCUT2D eigenvalue weighted by molar-refractivity contribution is 9.10. The number of benzene rings is 1. The van der Waals surface area contributed by atoms with Gasteiger partial charge in [-0.25, -0.2) is 9.18 Å². The Bertz CT molecular complexity index is 379. The molecule has 0 saturated carbocycles. The topological polar surface area (TPSA) is 37.3 Å². The Hall–Kier alpha value is -0.610. The molecule has 0 amide bonds. The molecule has 1 aromatic rings. The van der Waals surface area contributed by atoms with E-state index in [-0.39, 0.29) is 10.6 Å². The van der Waals surface area contributed by atoms with Gasteiger partial charge in [0.25, 0.3) is 0 Å². The van der Waals surface area contributed by atoms with Crippen LogP contribution in [0.4, 0.5) is 4.39 Å². The smallest absolute Gasteiger partial charge is 0.345 e. The minimum Gasteiger partial charge on any atom is -0.479 e. The highest BCUT2D eigenvalue weighted by Gasteiger charge is 2.35. The second kappa shape index (κ2) is 3.87. The lowest BCUT2D eigenvalue weighted by atomic mass is 9.98. The highest BCUT2D eigenvalue weighted by atomic mass is 79.9. The molecular weight excluding hydrogens is 274 g/mol. The van der Waals surface area contributed by atoms with Crippen molar-refractivity contribution in [3.8, 4) is 0 Å². The fraction of sp³-hybridized carbons (Fsp3) is 0.222. The van der Waals surface area contributed by atoms with Crippen LogP contribution in [-0.4, -0.2) is 11.1 Å². The number of aliphatic carboxylic acids is 1. The van der Waals surface area contributed by atoms with Crippen LogP contribution in [-0.2, 0) is 10.5 Å². The maximum absolute atomic E-state index is 13.6. The fourth-order valence-corrected chi connectivity index (χ4v) is 1.34. The van der Waals surface area contributed by atoms with Gasteiger partial charge in [0.05, 0.1) is 5.02 Å². The van der Waals surface area contributed by atoms with E-state index in [4.69, 9.17) is 16.7 Å². The Kier molecular flexibility index (Phi) is 3.17. The number of rotatable bonds is 2.